The maximum absolute atomic E-state index is 5.40. The zero-order valence-corrected chi connectivity index (χ0v) is 55.1. The zero-order valence-electron chi connectivity index (χ0n) is 54.1. The van der Waals surface area contributed by atoms with Crippen molar-refractivity contribution < 1.29 is 0 Å². The minimum absolute atomic E-state index is 0.557. The third-order valence-electron chi connectivity index (χ3n) is 21.3. The molecule has 0 unspecified atom stereocenters. The summed E-state index contributed by atoms with van der Waals surface area (Å²) in [5.74, 6) is 3.55. The molecular formula is C90H54N10Si. The van der Waals surface area contributed by atoms with Crippen molar-refractivity contribution in [2.24, 2.45) is 0 Å². The smallest absolute Gasteiger partial charge is 0.238 e. The Morgan fingerprint density at radius 2 is 0.515 bits per heavy atom. The lowest BCUT2D eigenvalue weighted by Gasteiger charge is -2.28. The van der Waals surface area contributed by atoms with Crippen LogP contribution in [0.25, 0.3) is 178 Å². The van der Waals surface area contributed by atoms with Crippen LogP contribution in [0.1, 0.15) is 0 Å². The van der Waals surface area contributed by atoms with Crippen molar-refractivity contribution in [2.45, 2.75) is 0 Å². The van der Waals surface area contributed by atoms with E-state index in [9.17, 15) is 0 Å². The van der Waals surface area contributed by atoms with Crippen LogP contribution in [0, 0.1) is 0 Å². The van der Waals surface area contributed by atoms with Gasteiger partial charge in [0, 0.05) is 76.7 Å². The lowest BCUT2D eigenvalue weighted by atomic mass is 10.1. The Bertz CT molecular complexity index is 6360. The number of hydrogen-bond donors (Lipinski definition) is 0. The van der Waals surface area contributed by atoms with Crippen molar-refractivity contribution >= 4 is 116 Å². The third kappa shape index (κ3) is 7.85. The number of fused-ring (bicyclic) bond motifs is 24. The van der Waals surface area contributed by atoms with Gasteiger partial charge in [-0.1, -0.05) is 267 Å². The second-order valence-corrected chi connectivity index (χ2v) is 30.1. The van der Waals surface area contributed by atoms with E-state index in [1.165, 1.54) is 43.0 Å². The summed E-state index contributed by atoms with van der Waals surface area (Å²) in [6, 6.07) is 119. The van der Waals surface area contributed by atoms with E-state index in [1.807, 2.05) is 72.8 Å². The lowest BCUT2D eigenvalue weighted by Crippen LogP contribution is -2.70. The van der Waals surface area contributed by atoms with E-state index >= 15 is 0 Å². The van der Waals surface area contributed by atoms with Gasteiger partial charge in [-0.3, -0.25) is 9.13 Å². The second-order valence-electron chi connectivity index (χ2n) is 26.5. The molecule has 0 N–H and O–H groups in total. The lowest BCUT2D eigenvalue weighted by molar-refractivity contribution is 0.955. The molecule has 0 amide bonds. The van der Waals surface area contributed by atoms with Gasteiger partial charge in [0.1, 0.15) is 0 Å². The van der Waals surface area contributed by atoms with Crippen LogP contribution in [0.2, 0.25) is 0 Å². The molecule has 468 valence electrons. The second kappa shape index (κ2) is 21.3. The molecule has 20 aromatic rings. The molecule has 2 aliphatic heterocycles. The molecular weight excluding hydrogens is 1250 g/mol. The van der Waals surface area contributed by atoms with Crippen LogP contribution in [0.4, 0.5) is 0 Å². The Kier molecular flexibility index (Phi) is 11.7. The van der Waals surface area contributed by atoms with E-state index < -0.39 is 8.07 Å². The minimum Gasteiger partial charge on any atom is -0.309 e. The van der Waals surface area contributed by atoms with Crippen molar-refractivity contribution in [3.63, 3.8) is 0 Å². The standard InChI is InChI=1S/C90H54N10Si/c1-5-25-55(26-6-1)85-91-86(56-27-7-2-8-28-56)94-89(93-85)99-71-39-19-13-33-61(71)67-49-51-75-81(83(67)99)69-37-15-21-41-73(69)97(75)59-45-47-65-63-35-17-23-43-77(63)101(79(65)53-59)78-44-24-18-36-64(78)66-48-46-60(54-80(66)101)98-74-42-22-16-38-70(74)82-76(98)52-50-68-62-34-14-20-40-72(62)100(84(68)82)90-95-87(57-29-9-3-10-30-57)92-88(96-90)58-31-11-4-12-32-58/h1-54H. The normalized spacial score (nSPS) is 12.8. The number of para-hydroxylation sites is 4. The molecule has 10 nitrogen and oxygen atoms in total. The van der Waals surface area contributed by atoms with Gasteiger partial charge in [-0.25, -0.2) is 9.97 Å². The molecule has 0 fully saturated rings. The number of hydrogen-bond acceptors (Lipinski definition) is 6. The van der Waals surface area contributed by atoms with Gasteiger partial charge in [-0.2, -0.15) is 19.9 Å². The topological polar surface area (TPSA) is 97.1 Å². The van der Waals surface area contributed by atoms with Gasteiger partial charge in [0.25, 0.3) is 0 Å². The molecule has 0 atom stereocenters. The molecule has 22 rings (SSSR count). The summed E-state index contributed by atoms with van der Waals surface area (Å²) < 4.78 is 9.59. The van der Waals surface area contributed by atoms with Crippen LogP contribution in [0.15, 0.2) is 328 Å². The molecule has 0 aliphatic carbocycles. The maximum Gasteiger partial charge on any atom is 0.238 e. The van der Waals surface area contributed by atoms with Crippen LogP contribution < -0.4 is 20.7 Å². The SMILES string of the molecule is c1ccc(-c2nc(-c3ccccc3)nc(-n3c4ccccc4c4ccc5c(c6ccccc6n5-c5ccc6c(c5)[Si]5(c7ccccc7-6)c6ccccc6-c6ccc(-n7c8ccccc8c8c7ccc7c9ccccc9n(-c9nc(-c%10ccccc%10)nc(-c%10ccccc%10)n9)c78)cc65)c43)n2)cc1. The first-order valence-electron chi connectivity index (χ1n) is 34.3. The average molecular weight is 1300 g/mol. The van der Waals surface area contributed by atoms with E-state index in [2.05, 4.69) is 273 Å². The molecule has 2 aliphatic rings. The Morgan fingerprint density at radius 1 is 0.208 bits per heavy atom. The molecule has 11 heteroatoms. The monoisotopic (exact) mass is 1300 g/mol. The van der Waals surface area contributed by atoms with E-state index in [-0.39, 0.29) is 0 Å². The fraction of sp³-hybridized carbons (Fsp3) is 0. The summed E-state index contributed by atoms with van der Waals surface area (Å²) in [4.78, 5) is 31.9. The largest absolute Gasteiger partial charge is 0.309 e. The maximum atomic E-state index is 5.40. The zero-order chi connectivity index (χ0) is 66.0. The Hall–Kier alpha value is -13.5. The summed E-state index contributed by atoms with van der Waals surface area (Å²) in [6.45, 7) is 0. The van der Waals surface area contributed by atoms with E-state index in [4.69, 9.17) is 29.9 Å². The third-order valence-corrected chi connectivity index (χ3v) is 26.2. The van der Waals surface area contributed by atoms with Crippen molar-refractivity contribution in [1.82, 2.24) is 48.2 Å². The van der Waals surface area contributed by atoms with E-state index in [1.54, 1.807) is 0 Å². The first kappa shape index (κ1) is 55.6. The summed E-state index contributed by atoms with van der Waals surface area (Å²) in [5, 5.41) is 14.6. The first-order chi connectivity index (χ1) is 50.1. The molecule has 0 saturated heterocycles. The van der Waals surface area contributed by atoms with Crippen LogP contribution in [-0.4, -0.2) is 56.2 Å². The predicted molar refractivity (Wildman–Crippen MR) is 414 cm³/mol. The van der Waals surface area contributed by atoms with Crippen molar-refractivity contribution in [1.29, 1.82) is 0 Å². The van der Waals surface area contributed by atoms with E-state index in [0.29, 0.717) is 35.2 Å². The highest BCUT2D eigenvalue weighted by Crippen LogP contribution is 2.46. The summed E-state index contributed by atoms with van der Waals surface area (Å²) in [7, 11) is -3.16. The van der Waals surface area contributed by atoms with Gasteiger partial charge in [0.05, 0.1) is 44.1 Å². The van der Waals surface area contributed by atoms with Gasteiger partial charge in [0.15, 0.2) is 31.4 Å². The van der Waals surface area contributed by atoms with Crippen LogP contribution in [-0.2, 0) is 0 Å². The highest BCUT2D eigenvalue weighted by Gasteiger charge is 2.54. The molecule has 0 radical (unpaired) electrons. The number of rotatable bonds is 8. The van der Waals surface area contributed by atoms with Gasteiger partial charge in [-0.05, 0) is 104 Å². The molecule has 0 saturated carbocycles. The fourth-order valence-electron chi connectivity index (χ4n) is 17.2. The predicted octanol–water partition coefficient (Wildman–Crippen LogP) is 18.5. The highest BCUT2D eigenvalue weighted by atomic mass is 28.3. The first-order valence-corrected chi connectivity index (χ1v) is 36.3. The number of benzene rings is 14. The van der Waals surface area contributed by atoms with Crippen molar-refractivity contribution in [2.75, 3.05) is 0 Å². The Morgan fingerprint density at radius 3 is 0.891 bits per heavy atom. The van der Waals surface area contributed by atoms with Gasteiger partial charge in [-0.15, -0.1) is 0 Å². The Balaban J connectivity index is 0.773. The van der Waals surface area contributed by atoms with Crippen LogP contribution >= 0.6 is 0 Å². The van der Waals surface area contributed by atoms with E-state index in [0.717, 1.165) is 121 Å². The van der Waals surface area contributed by atoms with Gasteiger partial charge < -0.3 is 9.13 Å². The van der Waals surface area contributed by atoms with Crippen LogP contribution in [0.5, 0.6) is 0 Å². The van der Waals surface area contributed by atoms with Gasteiger partial charge >= 0.3 is 0 Å². The Labute approximate surface area is 579 Å². The van der Waals surface area contributed by atoms with Crippen molar-refractivity contribution in [3.8, 4) is 91.1 Å². The summed E-state index contributed by atoms with van der Waals surface area (Å²) in [5.41, 5.74) is 19.5. The van der Waals surface area contributed by atoms with Crippen molar-refractivity contribution in [3.05, 3.63) is 328 Å². The summed E-state index contributed by atoms with van der Waals surface area (Å²) >= 11 is 0. The minimum atomic E-state index is -3.16. The molecule has 14 aromatic carbocycles. The quantitative estimate of drug-likeness (QED) is 0.141. The fourth-order valence-corrected chi connectivity index (χ4v) is 22.8. The summed E-state index contributed by atoms with van der Waals surface area (Å²) in [6.07, 6.45) is 0. The molecule has 8 heterocycles. The van der Waals surface area contributed by atoms with Gasteiger partial charge in [0.2, 0.25) is 11.9 Å². The molecule has 101 heavy (non-hydrogen) atoms. The highest BCUT2D eigenvalue weighted by molar-refractivity contribution is 7.24. The average Bonchev–Trinajstić information content (AvgIpc) is 1.52. The molecule has 1 spiro atoms. The van der Waals surface area contributed by atoms with Crippen LogP contribution in [0.3, 0.4) is 0 Å². The molecule has 0 bridgehead atoms. The number of aromatic nitrogens is 10. The molecule has 6 aromatic heterocycles. The number of nitrogens with zero attached hydrogens (tertiary/aromatic N) is 10.